The van der Waals surface area contributed by atoms with Crippen LogP contribution in [0.15, 0.2) is 59.7 Å². The predicted molar refractivity (Wildman–Crippen MR) is 135 cm³/mol. The van der Waals surface area contributed by atoms with Gasteiger partial charge in [0.25, 0.3) is 0 Å². The summed E-state index contributed by atoms with van der Waals surface area (Å²) < 4.78 is 17.0. The molecular formula is C26H31N5O3. The summed E-state index contributed by atoms with van der Waals surface area (Å²) in [5.41, 5.74) is 5.18. The summed E-state index contributed by atoms with van der Waals surface area (Å²) in [7, 11) is 0. The highest BCUT2D eigenvalue weighted by Gasteiger charge is 2.15. The molecule has 5 rings (SSSR count). The molecule has 2 aliphatic heterocycles. The van der Waals surface area contributed by atoms with Gasteiger partial charge in [0, 0.05) is 50.5 Å². The van der Waals surface area contributed by atoms with Crippen molar-refractivity contribution in [2.75, 3.05) is 76.1 Å². The Morgan fingerprint density at radius 3 is 2.50 bits per heavy atom. The Morgan fingerprint density at radius 1 is 0.912 bits per heavy atom. The van der Waals surface area contributed by atoms with Gasteiger partial charge in [0.05, 0.1) is 32.6 Å². The van der Waals surface area contributed by atoms with Crippen LogP contribution < -0.4 is 15.1 Å². The molecule has 0 amide bonds. The Kier molecular flexibility index (Phi) is 7.50. The van der Waals surface area contributed by atoms with Gasteiger partial charge in [-0.15, -0.1) is 0 Å². The maximum absolute atomic E-state index is 6.05. The van der Waals surface area contributed by atoms with Gasteiger partial charge in [0.15, 0.2) is 5.82 Å². The van der Waals surface area contributed by atoms with E-state index in [-0.39, 0.29) is 0 Å². The molecular weight excluding hydrogens is 430 g/mol. The van der Waals surface area contributed by atoms with Crippen molar-refractivity contribution in [3.05, 3.63) is 60.2 Å². The van der Waals surface area contributed by atoms with Crippen LogP contribution in [0.3, 0.4) is 0 Å². The highest BCUT2D eigenvalue weighted by Crippen LogP contribution is 2.25. The van der Waals surface area contributed by atoms with Crippen molar-refractivity contribution in [3.63, 3.8) is 0 Å². The molecule has 2 fully saturated rings. The van der Waals surface area contributed by atoms with Crippen LogP contribution >= 0.6 is 0 Å². The van der Waals surface area contributed by atoms with Gasteiger partial charge in [0.1, 0.15) is 6.61 Å². The van der Waals surface area contributed by atoms with Crippen LogP contribution in [0.1, 0.15) is 5.56 Å². The van der Waals surface area contributed by atoms with Gasteiger partial charge in [0.2, 0.25) is 5.88 Å². The van der Waals surface area contributed by atoms with Crippen molar-refractivity contribution >= 4 is 28.5 Å². The van der Waals surface area contributed by atoms with Crippen LogP contribution in [-0.4, -0.2) is 81.9 Å². The molecule has 0 spiro atoms. The van der Waals surface area contributed by atoms with Gasteiger partial charge in [-0.1, -0.05) is 36.4 Å². The number of hydrogen-bond donors (Lipinski definition) is 1. The molecule has 1 N–H and O–H groups in total. The number of ether oxygens (including phenoxy) is 3. The van der Waals surface area contributed by atoms with Gasteiger partial charge >= 0.3 is 0 Å². The summed E-state index contributed by atoms with van der Waals surface area (Å²) in [5.74, 6) is 1.25. The minimum Gasteiger partial charge on any atom is -0.476 e. The maximum atomic E-state index is 6.05. The van der Waals surface area contributed by atoms with Crippen molar-refractivity contribution in [1.82, 2.24) is 9.88 Å². The molecule has 2 aliphatic rings. The molecule has 178 valence electrons. The highest BCUT2D eigenvalue weighted by atomic mass is 16.5. The summed E-state index contributed by atoms with van der Waals surface area (Å²) in [4.78, 5) is 9.28. The van der Waals surface area contributed by atoms with E-state index in [0.29, 0.717) is 18.3 Å². The van der Waals surface area contributed by atoms with E-state index in [1.807, 2.05) is 30.5 Å². The number of nitrogens with zero attached hydrogens (tertiary/aromatic N) is 4. The van der Waals surface area contributed by atoms with Crippen molar-refractivity contribution in [2.45, 2.75) is 0 Å². The zero-order valence-electron chi connectivity index (χ0n) is 19.4. The van der Waals surface area contributed by atoms with E-state index in [1.54, 1.807) is 0 Å². The molecule has 3 aromatic rings. The van der Waals surface area contributed by atoms with E-state index in [1.165, 1.54) is 10.8 Å². The number of hydrogen-bond acceptors (Lipinski definition) is 8. The largest absolute Gasteiger partial charge is 0.476 e. The zero-order chi connectivity index (χ0) is 23.0. The monoisotopic (exact) mass is 461 g/mol. The second-order valence-electron chi connectivity index (χ2n) is 8.43. The third kappa shape index (κ3) is 6.02. The van der Waals surface area contributed by atoms with Crippen LogP contribution in [0, 0.1) is 0 Å². The molecule has 3 heterocycles. The number of fused-ring (bicyclic) bond motifs is 1. The Balaban J connectivity index is 1.27. The number of benzene rings is 2. The fourth-order valence-corrected chi connectivity index (χ4v) is 4.19. The number of hydrazone groups is 1. The number of rotatable bonds is 8. The number of aromatic nitrogens is 1. The Labute approximate surface area is 200 Å². The molecule has 2 saturated heterocycles. The number of pyridine rings is 1. The normalized spacial score (nSPS) is 17.4. The molecule has 2 aromatic carbocycles. The van der Waals surface area contributed by atoms with Gasteiger partial charge in [-0.25, -0.2) is 0 Å². The van der Waals surface area contributed by atoms with Gasteiger partial charge < -0.3 is 19.1 Å². The fourth-order valence-electron chi connectivity index (χ4n) is 4.19. The summed E-state index contributed by atoms with van der Waals surface area (Å²) in [6.45, 7) is 8.03. The summed E-state index contributed by atoms with van der Waals surface area (Å²) >= 11 is 0. The third-order valence-electron chi connectivity index (χ3n) is 6.09. The van der Waals surface area contributed by atoms with E-state index in [2.05, 4.69) is 55.6 Å². The summed E-state index contributed by atoms with van der Waals surface area (Å²) in [6, 6.07) is 18.6. The van der Waals surface area contributed by atoms with Gasteiger partial charge in [-0.2, -0.15) is 10.1 Å². The molecule has 1 aromatic heterocycles. The lowest BCUT2D eigenvalue weighted by Gasteiger charge is -2.29. The first-order chi connectivity index (χ1) is 16.8. The molecule has 8 nitrogen and oxygen atoms in total. The van der Waals surface area contributed by atoms with E-state index in [0.717, 1.165) is 70.4 Å². The van der Waals surface area contributed by atoms with Crippen LogP contribution in [0.5, 0.6) is 5.88 Å². The molecule has 0 radical (unpaired) electrons. The molecule has 8 heteroatoms. The number of morpholine rings is 2. The first-order valence-electron chi connectivity index (χ1n) is 11.9. The second kappa shape index (κ2) is 11.3. The lowest BCUT2D eigenvalue weighted by molar-refractivity contribution is 0.0320. The van der Waals surface area contributed by atoms with Gasteiger partial charge in [-0.05, 0) is 22.4 Å². The Morgan fingerprint density at radius 2 is 1.68 bits per heavy atom. The van der Waals surface area contributed by atoms with Crippen LogP contribution in [0.4, 0.5) is 11.5 Å². The average molecular weight is 462 g/mol. The van der Waals surface area contributed by atoms with Crippen molar-refractivity contribution in [2.24, 2.45) is 5.10 Å². The van der Waals surface area contributed by atoms with Crippen LogP contribution in [0.25, 0.3) is 10.8 Å². The molecule has 0 unspecified atom stereocenters. The second-order valence-corrected chi connectivity index (χ2v) is 8.43. The first kappa shape index (κ1) is 22.6. The SMILES string of the molecule is C(=N\Nc1cc(N2CCOCC2)cc(OCCN2CCOCC2)n1)/c1ccc2ccccc2c1. The predicted octanol–water partition coefficient (Wildman–Crippen LogP) is 3.23. The zero-order valence-corrected chi connectivity index (χ0v) is 19.4. The maximum Gasteiger partial charge on any atom is 0.217 e. The molecule has 0 bridgehead atoms. The van der Waals surface area contributed by atoms with Crippen LogP contribution in [0.2, 0.25) is 0 Å². The topological polar surface area (TPSA) is 71.5 Å². The smallest absolute Gasteiger partial charge is 0.217 e. The summed E-state index contributed by atoms with van der Waals surface area (Å²) in [5, 5.41) is 6.85. The quantitative estimate of drug-likeness (QED) is 0.408. The van der Waals surface area contributed by atoms with E-state index in [4.69, 9.17) is 14.2 Å². The van der Waals surface area contributed by atoms with E-state index in [9.17, 15) is 0 Å². The number of nitrogens with one attached hydrogen (secondary N) is 1. The molecule has 0 saturated carbocycles. The van der Waals surface area contributed by atoms with E-state index >= 15 is 0 Å². The molecule has 34 heavy (non-hydrogen) atoms. The van der Waals surface area contributed by atoms with Crippen molar-refractivity contribution in [3.8, 4) is 5.88 Å². The van der Waals surface area contributed by atoms with Crippen molar-refractivity contribution in [1.29, 1.82) is 0 Å². The Hall–Kier alpha value is -3.20. The lowest BCUT2D eigenvalue weighted by atomic mass is 10.1. The minimum atomic E-state index is 0.583. The average Bonchev–Trinajstić information content (AvgIpc) is 2.90. The van der Waals surface area contributed by atoms with E-state index < -0.39 is 0 Å². The molecule has 0 atom stereocenters. The lowest BCUT2D eigenvalue weighted by Crippen LogP contribution is -2.38. The number of anilines is 2. The Bertz CT molecular complexity index is 1110. The highest BCUT2D eigenvalue weighted by molar-refractivity contribution is 5.90. The summed E-state index contributed by atoms with van der Waals surface area (Å²) in [6.07, 6.45) is 1.81. The fraction of sp³-hybridized carbons (Fsp3) is 0.385. The van der Waals surface area contributed by atoms with Crippen molar-refractivity contribution < 1.29 is 14.2 Å². The third-order valence-corrected chi connectivity index (χ3v) is 6.09. The van der Waals surface area contributed by atoms with Gasteiger partial charge in [-0.3, -0.25) is 10.3 Å². The standard InChI is InChI=1S/C26H31N5O3/c1-2-4-23-17-21(5-6-22(23)3-1)20-27-29-25-18-24(31-10-14-33-15-11-31)19-26(28-25)34-16-9-30-7-12-32-13-8-30/h1-6,17-20H,7-16H2,(H,28,29)/b27-20+. The molecule has 0 aliphatic carbocycles. The minimum absolute atomic E-state index is 0.583. The van der Waals surface area contributed by atoms with Crippen LogP contribution in [-0.2, 0) is 9.47 Å². The first-order valence-corrected chi connectivity index (χ1v) is 11.9.